The van der Waals surface area contributed by atoms with Gasteiger partial charge in [-0.1, -0.05) is 12.8 Å². The van der Waals surface area contributed by atoms with Gasteiger partial charge >= 0.3 is 0 Å². The van der Waals surface area contributed by atoms with Crippen LogP contribution in [0.3, 0.4) is 0 Å². The highest BCUT2D eigenvalue weighted by Crippen LogP contribution is 2.38. The van der Waals surface area contributed by atoms with Crippen molar-refractivity contribution in [3.8, 4) is 0 Å². The Morgan fingerprint density at radius 3 is 2.88 bits per heavy atom. The molecule has 2 atom stereocenters. The van der Waals surface area contributed by atoms with E-state index >= 15 is 0 Å². The Labute approximate surface area is 103 Å². The molecule has 92 valence electrons. The number of nitrogens with zero attached hydrogens (tertiary/aromatic N) is 2. The molecule has 3 nitrogen and oxygen atoms in total. The lowest BCUT2D eigenvalue weighted by Crippen LogP contribution is -2.47. The van der Waals surface area contributed by atoms with E-state index < -0.39 is 0 Å². The van der Waals surface area contributed by atoms with Gasteiger partial charge in [-0.2, -0.15) is 0 Å². The van der Waals surface area contributed by atoms with Gasteiger partial charge in [0, 0.05) is 18.8 Å². The number of nitrogens with two attached hydrogens (primary N) is 1. The largest absolute Gasteiger partial charge is 0.396 e. The molecule has 17 heavy (non-hydrogen) atoms. The second kappa shape index (κ2) is 4.55. The Balaban J connectivity index is 1.88. The van der Waals surface area contributed by atoms with Gasteiger partial charge in [-0.3, -0.25) is 0 Å². The van der Waals surface area contributed by atoms with Gasteiger partial charge in [0.05, 0.1) is 5.69 Å². The van der Waals surface area contributed by atoms with E-state index in [0.717, 1.165) is 24.0 Å². The zero-order valence-electron chi connectivity index (χ0n) is 10.3. The lowest BCUT2D eigenvalue weighted by Gasteiger charge is -2.45. The SMILES string of the molecule is Nc1cccnc1N1CCC[C@@H]2CCCC[C@H]21. The fourth-order valence-corrected chi connectivity index (χ4v) is 3.54. The van der Waals surface area contributed by atoms with Crippen molar-refractivity contribution >= 4 is 11.5 Å². The maximum absolute atomic E-state index is 6.07. The molecule has 2 aliphatic rings. The van der Waals surface area contributed by atoms with Crippen LogP contribution in [0.15, 0.2) is 18.3 Å². The van der Waals surface area contributed by atoms with E-state index in [2.05, 4.69) is 9.88 Å². The van der Waals surface area contributed by atoms with E-state index in [0.29, 0.717) is 6.04 Å². The summed E-state index contributed by atoms with van der Waals surface area (Å²) in [6, 6.07) is 4.57. The first-order valence-electron chi connectivity index (χ1n) is 6.83. The highest BCUT2D eigenvalue weighted by molar-refractivity contribution is 5.63. The number of piperidine rings is 1. The summed E-state index contributed by atoms with van der Waals surface area (Å²) in [5.74, 6) is 1.89. The van der Waals surface area contributed by atoms with Crippen LogP contribution < -0.4 is 10.6 Å². The third-order valence-electron chi connectivity index (χ3n) is 4.33. The summed E-state index contributed by atoms with van der Waals surface area (Å²) in [6.45, 7) is 1.13. The quantitative estimate of drug-likeness (QED) is 0.808. The summed E-state index contributed by atoms with van der Waals surface area (Å²) in [4.78, 5) is 6.97. The molecule has 2 fully saturated rings. The van der Waals surface area contributed by atoms with E-state index in [9.17, 15) is 0 Å². The van der Waals surface area contributed by atoms with Crippen molar-refractivity contribution in [2.24, 2.45) is 5.92 Å². The number of aromatic nitrogens is 1. The maximum atomic E-state index is 6.07. The van der Waals surface area contributed by atoms with Gasteiger partial charge in [0.1, 0.15) is 0 Å². The Morgan fingerprint density at radius 1 is 1.18 bits per heavy atom. The average molecular weight is 231 g/mol. The van der Waals surface area contributed by atoms with Gasteiger partial charge in [0.25, 0.3) is 0 Å². The fourth-order valence-electron chi connectivity index (χ4n) is 3.54. The summed E-state index contributed by atoms with van der Waals surface area (Å²) in [7, 11) is 0. The van der Waals surface area contributed by atoms with Crippen molar-refractivity contribution in [1.29, 1.82) is 0 Å². The van der Waals surface area contributed by atoms with Gasteiger partial charge < -0.3 is 10.6 Å². The predicted octanol–water partition coefficient (Wildman–Crippen LogP) is 2.82. The number of rotatable bonds is 1. The van der Waals surface area contributed by atoms with Crippen LogP contribution in [0.2, 0.25) is 0 Å². The summed E-state index contributed by atoms with van der Waals surface area (Å²) >= 11 is 0. The van der Waals surface area contributed by atoms with E-state index in [1.165, 1.54) is 38.5 Å². The molecule has 1 saturated carbocycles. The second-order valence-electron chi connectivity index (χ2n) is 5.36. The molecule has 2 heterocycles. The molecule has 1 aliphatic carbocycles. The summed E-state index contributed by atoms with van der Waals surface area (Å²) in [6.07, 6.45) is 10.0. The third-order valence-corrected chi connectivity index (χ3v) is 4.33. The van der Waals surface area contributed by atoms with Crippen LogP contribution in [0.5, 0.6) is 0 Å². The standard InChI is InChI=1S/C14H21N3/c15-12-7-3-9-16-14(12)17-10-4-6-11-5-1-2-8-13(11)17/h3,7,9,11,13H,1-2,4-6,8,10,15H2/t11-,13+/m0/s1. The second-order valence-corrected chi connectivity index (χ2v) is 5.36. The normalized spacial score (nSPS) is 28.8. The Morgan fingerprint density at radius 2 is 2.00 bits per heavy atom. The maximum Gasteiger partial charge on any atom is 0.152 e. The fraction of sp³-hybridized carbons (Fsp3) is 0.643. The van der Waals surface area contributed by atoms with Crippen molar-refractivity contribution < 1.29 is 0 Å². The molecule has 1 aliphatic heterocycles. The lowest BCUT2D eigenvalue weighted by atomic mass is 9.78. The van der Waals surface area contributed by atoms with Gasteiger partial charge in [0.2, 0.25) is 0 Å². The smallest absolute Gasteiger partial charge is 0.152 e. The topological polar surface area (TPSA) is 42.1 Å². The minimum Gasteiger partial charge on any atom is -0.396 e. The van der Waals surface area contributed by atoms with E-state index in [1.54, 1.807) is 0 Å². The molecule has 0 unspecified atom stereocenters. The van der Waals surface area contributed by atoms with Gasteiger partial charge in [0.15, 0.2) is 5.82 Å². The zero-order valence-corrected chi connectivity index (χ0v) is 10.3. The molecule has 1 saturated heterocycles. The van der Waals surface area contributed by atoms with Crippen LogP contribution in [-0.4, -0.2) is 17.6 Å². The molecule has 3 rings (SSSR count). The third kappa shape index (κ3) is 1.99. The summed E-state index contributed by atoms with van der Waals surface area (Å²) in [5.41, 5.74) is 6.90. The van der Waals surface area contributed by atoms with Gasteiger partial charge in [-0.15, -0.1) is 0 Å². The number of fused-ring (bicyclic) bond motifs is 1. The average Bonchev–Trinajstić information content (AvgIpc) is 2.39. The van der Waals surface area contributed by atoms with Crippen LogP contribution in [0, 0.1) is 5.92 Å². The van der Waals surface area contributed by atoms with Crippen molar-refractivity contribution in [2.45, 2.75) is 44.6 Å². The Kier molecular flexibility index (Phi) is 2.91. The monoisotopic (exact) mass is 231 g/mol. The number of hydrogen-bond acceptors (Lipinski definition) is 3. The minimum atomic E-state index is 0.690. The highest BCUT2D eigenvalue weighted by atomic mass is 15.2. The van der Waals surface area contributed by atoms with E-state index in [-0.39, 0.29) is 0 Å². The van der Waals surface area contributed by atoms with Crippen LogP contribution in [-0.2, 0) is 0 Å². The molecule has 0 bridgehead atoms. The number of hydrogen-bond donors (Lipinski definition) is 1. The molecule has 3 heteroatoms. The molecular weight excluding hydrogens is 210 g/mol. The Hall–Kier alpha value is -1.25. The first kappa shape index (κ1) is 10.9. The van der Waals surface area contributed by atoms with Crippen LogP contribution in [0.1, 0.15) is 38.5 Å². The minimum absolute atomic E-state index is 0.690. The van der Waals surface area contributed by atoms with Crippen molar-refractivity contribution in [3.63, 3.8) is 0 Å². The molecular formula is C14H21N3. The zero-order chi connectivity index (χ0) is 11.7. The van der Waals surface area contributed by atoms with Gasteiger partial charge in [-0.25, -0.2) is 4.98 Å². The molecule has 0 amide bonds. The van der Waals surface area contributed by atoms with E-state index in [4.69, 9.17) is 5.73 Å². The lowest BCUT2D eigenvalue weighted by molar-refractivity contribution is 0.243. The number of nitrogen functional groups attached to an aromatic ring is 1. The van der Waals surface area contributed by atoms with E-state index in [1.807, 2.05) is 18.3 Å². The summed E-state index contributed by atoms with van der Waals surface area (Å²) < 4.78 is 0. The van der Waals surface area contributed by atoms with Crippen molar-refractivity contribution in [1.82, 2.24) is 4.98 Å². The van der Waals surface area contributed by atoms with Crippen LogP contribution >= 0.6 is 0 Å². The molecule has 0 radical (unpaired) electrons. The first-order valence-corrected chi connectivity index (χ1v) is 6.83. The van der Waals surface area contributed by atoms with Crippen molar-refractivity contribution in [2.75, 3.05) is 17.2 Å². The number of anilines is 2. The first-order chi connectivity index (χ1) is 8.36. The predicted molar refractivity (Wildman–Crippen MR) is 71.0 cm³/mol. The molecule has 0 spiro atoms. The number of pyridine rings is 1. The Bertz CT molecular complexity index is 389. The summed E-state index contributed by atoms with van der Waals surface area (Å²) in [5, 5.41) is 0. The van der Waals surface area contributed by atoms with Gasteiger partial charge in [-0.05, 0) is 43.7 Å². The van der Waals surface area contributed by atoms with Crippen LogP contribution in [0.25, 0.3) is 0 Å². The molecule has 1 aromatic heterocycles. The molecule has 0 aromatic carbocycles. The molecule has 1 aromatic rings. The molecule has 2 N–H and O–H groups in total. The van der Waals surface area contributed by atoms with Crippen molar-refractivity contribution in [3.05, 3.63) is 18.3 Å². The van der Waals surface area contributed by atoms with Crippen LogP contribution in [0.4, 0.5) is 11.5 Å². The highest BCUT2D eigenvalue weighted by Gasteiger charge is 2.34.